The van der Waals surface area contributed by atoms with Crippen molar-refractivity contribution in [3.63, 3.8) is 0 Å². The van der Waals surface area contributed by atoms with E-state index in [0.717, 1.165) is 32.8 Å². The highest BCUT2D eigenvalue weighted by molar-refractivity contribution is 4.52. The average Bonchev–Trinajstić information content (AvgIpc) is 2.18. The molecule has 86 valence electrons. The van der Waals surface area contributed by atoms with Gasteiger partial charge in [-0.1, -0.05) is 13.3 Å². The van der Waals surface area contributed by atoms with E-state index in [9.17, 15) is 0 Å². The molecular weight excluding hydrogens is 176 g/mol. The molecule has 0 radical (unpaired) electrons. The fraction of sp³-hybridized carbons (Fsp3) is 1.00. The van der Waals surface area contributed by atoms with Gasteiger partial charge in [0.15, 0.2) is 0 Å². The van der Waals surface area contributed by atoms with Gasteiger partial charge in [0.1, 0.15) is 0 Å². The van der Waals surface area contributed by atoms with Crippen molar-refractivity contribution in [1.29, 1.82) is 0 Å². The maximum absolute atomic E-state index is 5.49. The second-order valence-electron chi connectivity index (χ2n) is 3.73. The minimum atomic E-state index is 0.871. The molecule has 0 unspecified atom stereocenters. The van der Waals surface area contributed by atoms with Crippen LogP contribution in [0.3, 0.4) is 0 Å². The first-order chi connectivity index (χ1) is 6.81. The molecule has 3 nitrogen and oxygen atoms in total. The first kappa shape index (κ1) is 13.9. The molecule has 0 aromatic carbocycles. The lowest BCUT2D eigenvalue weighted by Crippen LogP contribution is -2.26. The van der Waals surface area contributed by atoms with Gasteiger partial charge in [-0.25, -0.2) is 0 Å². The maximum atomic E-state index is 5.49. The van der Waals surface area contributed by atoms with Crippen LogP contribution in [0.5, 0.6) is 0 Å². The SMILES string of the molecule is CCCCOCCN(C)CCCNC. The fourth-order valence-electron chi connectivity index (χ4n) is 1.21. The number of likely N-dealkylation sites (N-methyl/N-ethyl adjacent to an activating group) is 1. The number of nitrogens with zero attached hydrogens (tertiary/aromatic N) is 1. The zero-order valence-electron chi connectivity index (χ0n) is 10.0. The van der Waals surface area contributed by atoms with Crippen molar-refractivity contribution in [1.82, 2.24) is 10.2 Å². The van der Waals surface area contributed by atoms with E-state index in [4.69, 9.17) is 4.74 Å². The normalized spacial score (nSPS) is 11.1. The molecule has 0 amide bonds. The first-order valence-electron chi connectivity index (χ1n) is 5.72. The Morgan fingerprint density at radius 2 is 1.93 bits per heavy atom. The standard InChI is InChI=1S/C11H26N2O/c1-4-5-10-14-11-9-13(3)8-6-7-12-2/h12H,4-11H2,1-3H3. The second-order valence-corrected chi connectivity index (χ2v) is 3.73. The van der Waals surface area contributed by atoms with E-state index >= 15 is 0 Å². The van der Waals surface area contributed by atoms with Crippen molar-refractivity contribution in [2.24, 2.45) is 0 Å². The molecule has 0 saturated heterocycles. The summed E-state index contributed by atoms with van der Waals surface area (Å²) in [5.74, 6) is 0. The topological polar surface area (TPSA) is 24.5 Å². The lowest BCUT2D eigenvalue weighted by Gasteiger charge is -2.16. The Bertz CT molecular complexity index is 109. The minimum Gasteiger partial charge on any atom is -0.380 e. The number of hydrogen-bond donors (Lipinski definition) is 1. The van der Waals surface area contributed by atoms with Crippen LogP contribution in [-0.2, 0) is 4.74 Å². The van der Waals surface area contributed by atoms with Crippen LogP contribution < -0.4 is 5.32 Å². The quantitative estimate of drug-likeness (QED) is 0.541. The highest BCUT2D eigenvalue weighted by Crippen LogP contribution is 1.90. The molecule has 0 aliphatic heterocycles. The van der Waals surface area contributed by atoms with E-state index < -0.39 is 0 Å². The van der Waals surface area contributed by atoms with E-state index in [1.807, 2.05) is 7.05 Å². The Morgan fingerprint density at radius 1 is 1.14 bits per heavy atom. The zero-order chi connectivity index (χ0) is 10.6. The predicted octanol–water partition coefficient (Wildman–Crippen LogP) is 1.34. The Labute approximate surface area is 88.8 Å². The fourth-order valence-corrected chi connectivity index (χ4v) is 1.21. The van der Waals surface area contributed by atoms with E-state index in [1.54, 1.807) is 0 Å². The van der Waals surface area contributed by atoms with E-state index in [2.05, 4.69) is 24.2 Å². The van der Waals surface area contributed by atoms with E-state index in [1.165, 1.54) is 19.3 Å². The van der Waals surface area contributed by atoms with Crippen LogP contribution in [0.4, 0.5) is 0 Å². The third kappa shape index (κ3) is 9.96. The lowest BCUT2D eigenvalue weighted by atomic mass is 10.4. The monoisotopic (exact) mass is 202 g/mol. The van der Waals surface area contributed by atoms with Crippen LogP contribution in [0.1, 0.15) is 26.2 Å². The number of rotatable bonds is 10. The predicted molar refractivity (Wildman–Crippen MR) is 61.8 cm³/mol. The van der Waals surface area contributed by atoms with Gasteiger partial charge < -0.3 is 15.0 Å². The Hall–Kier alpha value is -0.120. The van der Waals surface area contributed by atoms with Crippen molar-refractivity contribution in [3.8, 4) is 0 Å². The largest absolute Gasteiger partial charge is 0.380 e. The number of ether oxygens (including phenoxy) is 1. The highest BCUT2D eigenvalue weighted by atomic mass is 16.5. The van der Waals surface area contributed by atoms with Crippen LogP contribution in [0.15, 0.2) is 0 Å². The smallest absolute Gasteiger partial charge is 0.0593 e. The average molecular weight is 202 g/mol. The summed E-state index contributed by atoms with van der Waals surface area (Å²) < 4.78 is 5.49. The van der Waals surface area contributed by atoms with Crippen LogP contribution >= 0.6 is 0 Å². The molecule has 0 aromatic rings. The van der Waals surface area contributed by atoms with Crippen molar-refractivity contribution in [2.75, 3.05) is 46.9 Å². The van der Waals surface area contributed by atoms with Gasteiger partial charge in [-0.2, -0.15) is 0 Å². The summed E-state index contributed by atoms with van der Waals surface area (Å²) in [6.45, 7) is 7.27. The van der Waals surface area contributed by atoms with Crippen molar-refractivity contribution >= 4 is 0 Å². The molecule has 0 spiro atoms. The summed E-state index contributed by atoms with van der Waals surface area (Å²) in [7, 11) is 4.15. The minimum absolute atomic E-state index is 0.871. The molecule has 0 fully saturated rings. The van der Waals surface area contributed by atoms with Gasteiger partial charge in [0, 0.05) is 13.2 Å². The summed E-state index contributed by atoms with van der Waals surface area (Å²) in [6, 6.07) is 0. The number of unbranched alkanes of at least 4 members (excludes halogenated alkanes) is 1. The molecule has 0 aliphatic carbocycles. The van der Waals surface area contributed by atoms with Crippen molar-refractivity contribution < 1.29 is 4.74 Å². The van der Waals surface area contributed by atoms with Gasteiger partial charge in [0.25, 0.3) is 0 Å². The van der Waals surface area contributed by atoms with E-state index in [-0.39, 0.29) is 0 Å². The van der Waals surface area contributed by atoms with Gasteiger partial charge >= 0.3 is 0 Å². The Kier molecular flexibility index (Phi) is 10.9. The molecule has 0 heterocycles. The van der Waals surface area contributed by atoms with Crippen LogP contribution in [0.2, 0.25) is 0 Å². The van der Waals surface area contributed by atoms with Gasteiger partial charge in [0.2, 0.25) is 0 Å². The summed E-state index contributed by atoms with van der Waals surface area (Å²) >= 11 is 0. The molecule has 0 atom stereocenters. The molecule has 3 heteroatoms. The summed E-state index contributed by atoms with van der Waals surface area (Å²) in [5, 5.41) is 3.15. The molecule has 0 bridgehead atoms. The Morgan fingerprint density at radius 3 is 2.57 bits per heavy atom. The molecule has 1 N–H and O–H groups in total. The number of hydrogen-bond acceptors (Lipinski definition) is 3. The second kappa shape index (κ2) is 11.0. The first-order valence-corrected chi connectivity index (χ1v) is 5.72. The van der Waals surface area contributed by atoms with E-state index in [0.29, 0.717) is 0 Å². The summed E-state index contributed by atoms with van der Waals surface area (Å²) in [6.07, 6.45) is 3.61. The third-order valence-corrected chi connectivity index (χ3v) is 2.23. The van der Waals surface area contributed by atoms with Gasteiger partial charge in [-0.05, 0) is 40.0 Å². The summed E-state index contributed by atoms with van der Waals surface area (Å²) in [4.78, 5) is 2.32. The van der Waals surface area contributed by atoms with Crippen molar-refractivity contribution in [2.45, 2.75) is 26.2 Å². The Balaban J connectivity index is 3.06. The third-order valence-electron chi connectivity index (χ3n) is 2.23. The molecular formula is C11H26N2O. The molecule has 0 saturated carbocycles. The molecule has 0 rings (SSSR count). The van der Waals surface area contributed by atoms with Gasteiger partial charge in [-0.15, -0.1) is 0 Å². The van der Waals surface area contributed by atoms with Gasteiger partial charge in [0.05, 0.1) is 6.61 Å². The van der Waals surface area contributed by atoms with Crippen LogP contribution in [-0.4, -0.2) is 51.8 Å². The molecule has 0 aromatic heterocycles. The zero-order valence-corrected chi connectivity index (χ0v) is 10.0. The van der Waals surface area contributed by atoms with Crippen LogP contribution in [0.25, 0.3) is 0 Å². The van der Waals surface area contributed by atoms with Gasteiger partial charge in [-0.3, -0.25) is 0 Å². The molecule has 14 heavy (non-hydrogen) atoms. The summed E-state index contributed by atoms with van der Waals surface area (Å²) in [5.41, 5.74) is 0. The van der Waals surface area contributed by atoms with Crippen LogP contribution in [0, 0.1) is 0 Å². The maximum Gasteiger partial charge on any atom is 0.0593 e. The lowest BCUT2D eigenvalue weighted by molar-refractivity contribution is 0.109. The highest BCUT2D eigenvalue weighted by Gasteiger charge is 1.96. The number of nitrogens with one attached hydrogen (secondary N) is 1. The molecule has 0 aliphatic rings. The van der Waals surface area contributed by atoms with Crippen molar-refractivity contribution in [3.05, 3.63) is 0 Å².